The normalized spacial score (nSPS) is 20.2. The number of rotatable bonds is 7. The van der Waals surface area contributed by atoms with Gasteiger partial charge >= 0.3 is 0 Å². The van der Waals surface area contributed by atoms with E-state index in [-0.39, 0.29) is 5.41 Å². The highest BCUT2D eigenvalue weighted by atomic mass is 16.5. The second kappa shape index (κ2) is 8.83. The summed E-state index contributed by atoms with van der Waals surface area (Å²) < 4.78 is 5.56. The van der Waals surface area contributed by atoms with Crippen LogP contribution >= 0.6 is 0 Å². The third-order valence-corrected chi connectivity index (χ3v) is 5.22. The Morgan fingerprint density at radius 1 is 1.11 bits per heavy atom. The predicted octanol–water partition coefficient (Wildman–Crippen LogP) is 3.37. The van der Waals surface area contributed by atoms with Crippen molar-refractivity contribution in [3.05, 3.63) is 59.9 Å². The Kier molecular flexibility index (Phi) is 6.47. The Hall–Kier alpha value is -1.95. The molecule has 2 aromatic rings. The molecule has 1 fully saturated rings. The van der Waals surface area contributed by atoms with E-state index in [0.717, 1.165) is 31.8 Å². The molecule has 2 unspecified atom stereocenters. The van der Waals surface area contributed by atoms with Crippen molar-refractivity contribution >= 4 is 0 Å². The van der Waals surface area contributed by atoms with E-state index in [1.54, 1.807) is 7.11 Å². The van der Waals surface area contributed by atoms with E-state index >= 15 is 0 Å². The number of hydrogen-bond donors (Lipinski definition) is 2. The lowest BCUT2D eigenvalue weighted by atomic mass is 9.84. The number of benzene rings is 1. The summed E-state index contributed by atoms with van der Waals surface area (Å²) in [6.45, 7) is 9.54. The smallest absolute Gasteiger partial charge is 0.123 e. The van der Waals surface area contributed by atoms with Gasteiger partial charge in [0.2, 0.25) is 0 Å². The van der Waals surface area contributed by atoms with Crippen LogP contribution in [-0.2, 0) is 13.1 Å². The first kappa shape index (κ1) is 19.8. The van der Waals surface area contributed by atoms with Crippen LogP contribution in [-0.4, -0.2) is 35.6 Å². The van der Waals surface area contributed by atoms with E-state index in [4.69, 9.17) is 4.74 Å². The van der Waals surface area contributed by atoms with Crippen LogP contribution in [0.1, 0.15) is 38.3 Å². The van der Waals surface area contributed by atoms with Gasteiger partial charge in [-0.2, -0.15) is 0 Å². The van der Waals surface area contributed by atoms with Crippen LogP contribution in [0, 0.1) is 5.41 Å². The maximum Gasteiger partial charge on any atom is 0.123 e. The van der Waals surface area contributed by atoms with E-state index in [0.29, 0.717) is 12.1 Å². The SMILES string of the molecule is COc1ccccc1CN(Cc1cccnc1)CC1CC(C(C)(C)C)NN1. The number of nitrogens with zero attached hydrogens (tertiary/aromatic N) is 2. The lowest BCUT2D eigenvalue weighted by Gasteiger charge is -2.27. The summed E-state index contributed by atoms with van der Waals surface area (Å²) in [4.78, 5) is 6.75. The molecule has 2 N–H and O–H groups in total. The average molecular weight is 369 g/mol. The van der Waals surface area contributed by atoms with E-state index in [9.17, 15) is 0 Å². The minimum absolute atomic E-state index is 0.249. The molecule has 5 heteroatoms. The van der Waals surface area contributed by atoms with Crippen LogP contribution in [0.3, 0.4) is 0 Å². The fourth-order valence-electron chi connectivity index (χ4n) is 3.63. The van der Waals surface area contributed by atoms with Crippen molar-refractivity contribution < 1.29 is 4.74 Å². The summed E-state index contributed by atoms with van der Waals surface area (Å²) in [7, 11) is 1.74. The highest BCUT2D eigenvalue weighted by Gasteiger charge is 2.33. The van der Waals surface area contributed by atoms with Crippen LogP contribution in [0.2, 0.25) is 0 Å². The maximum atomic E-state index is 5.56. The molecular weight excluding hydrogens is 336 g/mol. The summed E-state index contributed by atoms with van der Waals surface area (Å²) in [5.41, 5.74) is 9.68. The number of hydrazine groups is 1. The second-order valence-electron chi connectivity index (χ2n) is 8.48. The van der Waals surface area contributed by atoms with Crippen molar-refractivity contribution in [2.45, 2.75) is 52.4 Å². The molecule has 27 heavy (non-hydrogen) atoms. The number of ether oxygens (including phenoxy) is 1. The van der Waals surface area contributed by atoms with Crippen LogP contribution in [0.15, 0.2) is 48.8 Å². The van der Waals surface area contributed by atoms with Crippen molar-refractivity contribution in [1.82, 2.24) is 20.7 Å². The monoisotopic (exact) mass is 368 g/mol. The summed E-state index contributed by atoms with van der Waals surface area (Å²) in [5.74, 6) is 0.943. The molecule has 1 aliphatic heterocycles. The third kappa shape index (κ3) is 5.51. The van der Waals surface area contributed by atoms with Crippen molar-refractivity contribution in [1.29, 1.82) is 0 Å². The van der Waals surface area contributed by atoms with E-state index in [2.05, 4.69) is 59.7 Å². The fraction of sp³-hybridized carbons (Fsp3) is 0.500. The van der Waals surface area contributed by atoms with Gasteiger partial charge in [0.15, 0.2) is 0 Å². The van der Waals surface area contributed by atoms with Gasteiger partial charge in [-0.1, -0.05) is 45.0 Å². The Balaban J connectivity index is 1.72. The van der Waals surface area contributed by atoms with Gasteiger partial charge in [-0.05, 0) is 29.5 Å². The molecule has 0 saturated carbocycles. The molecule has 1 saturated heterocycles. The lowest BCUT2D eigenvalue weighted by Crippen LogP contribution is -2.42. The second-order valence-corrected chi connectivity index (χ2v) is 8.48. The molecule has 146 valence electrons. The lowest BCUT2D eigenvalue weighted by molar-refractivity contribution is 0.225. The number of hydrogen-bond acceptors (Lipinski definition) is 5. The Morgan fingerprint density at radius 2 is 1.93 bits per heavy atom. The molecule has 0 spiro atoms. The highest BCUT2D eigenvalue weighted by Crippen LogP contribution is 2.26. The van der Waals surface area contributed by atoms with Gasteiger partial charge in [0.25, 0.3) is 0 Å². The molecule has 2 heterocycles. The zero-order valence-corrected chi connectivity index (χ0v) is 16.9. The quantitative estimate of drug-likeness (QED) is 0.785. The van der Waals surface area contributed by atoms with Crippen molar-refractivity contribution in [3.63, 3.8) is 0 Å². The largest absolute Gasteiger partial charge is 0.496 e. The summed E-state index contributed by atoms with van der Waals surface area (Å²) >= 11 is 0. The van der Waals surface area contributed by atoms with Crippen molar-refractivity contribution in [2.24, 2.45) is 5.41 Å². The Labute approximate surface area is 163 Å². The molecule has 5 nitrogen and oxygen atoms in total. The number of nitrogens with one attached hydrogen (secondary N) is 2. The minimum Gasteiger partial charge on any atom is -0.496 e. The van der Waals surface area contributed by atoms with E-state index < -0.39 is 0 Å². The Bertz CT molecular complexity index is 714. The first-order valence-electron chi connectivity index (χ1n) is 9.70. The molecule has 1 aliphatic rings. The van der Waals surface area contributed by atoms with Gasteiger partial charge in [-0.25, -0.2) is 0 Å². The molecule has 3 rings (SSSR count). The predicted molar refractivity (Wildman–Crippen MR) is 109 cm³/mol. The van der Waals surface area contributed by atoms with Crippen LogP contribution in [0.25, 0.3) is 0 Å². The van der Waals surface area contributed by atoms with Crippen molar-refractivity contribution in [3.8, 4) is 5.75 Å². The van der Waals surface area contributed by atoms with Gasteiger partial charge in [-0.3, -0.25) is 20.7 Å². The molecule has 1 aromatic heterocycles. The first-order valence-corrected chi connectivity index (χ1v) is 9.70. The molecule has 0 radical (unpaired) electrons. The van der Waals surface area contributed by atoms with Gasteiger partial charge < -0.3 is 4.74 Å². The molecular formula is C22H32N4O. The van der Waals surface area contributed by atoms with Crippen LogP contribution < -0.4 is 15.6 Å². The average Bonchev–Trinajstić information content (AvgIpc) is 3.12. The number of pyridine rings is 1. The minimum atomic E-state index is 0.249. The summed E-state index contributed by atoms with van der Waals surface area (Å²) in [5, 5.41) is 0. The third-order valence-electron chi connectivity index (χ3n) is 5.22. The van der Waals surface area contributed by atoms with Gasteiger partial charge in [0.1, 0.15) is 5.75 Å². The van der Waals surface area contributed by atoms with E-state index in [1.807, 2.05) is 30.6 Å². The number of methoxy groups -OCH3 is 1. The number of aromatic nitrogens is 1. The first-order chi connectivity index (χ1) is 13.0. The van der Waals surface area contributed by atoms with E-state index in [1.165, 1.54) is 11.1 Å². The van der Waals surface area contributed by atoms with Gasteiger partial charge in [0, 0.05) is 49.7 Å². The highest BCUT2D eigenvalue weighted by molar-refractivity contribution is 5.33. The molecule has 2 atom stereocenters. The zero-order chi connectivity index (χ0) is 19.3. The fourth-order valence-corrected chi connectivity index (χ4v) is 3.63. The van der Waals surface area contributed by atoms with Gasteiger partial charge in [0.05, 0.1) is 7.11 Å². The summed E-state index contributed by atoms with van der Waals surface area (Å²) in [6.07, 6.45) is 4.90. The summed E-state index contributed by atoms with van der Waals surface area (Å²) in [6, 6.07) is 13.3. The molecule has 1 aromatic carbocycles. The van der Waals surface area contributed by atoms with Crippen LogP contribution in [0.4, 0.5) is 0 Å². The topological polar surface area (TPSA) is 49.4 Å². The standard InChI is InChI=1S/C22H32N4O/c1-22(2,3)21-12-19(24-25-21)16-26(14-17-8-7-11-23-13-17)15-18-9-5-6-10-20(18)27-4/h5-11,13,19,21,24-25H,12,14-16H2,1-4H3. The maximum absolute atomic E-state index is 5.56. The Morgan fingerprint density at radius 3 is 2.59 bits per heavy atom. The number of para-hydroxylation sites is 1. The molecule has 0 bridgehead atoms. The van der Waals surface area contributed by atoms with Gasteiger partial charge in [-0.15, -0.1) is 0 Å². The molecule has 0 amide bonds. The molecule has 0 aliphatic carbocycles. The van der Waals surface area contributed by atoms with Crippen molar-refractivity contribution in [2.75, 3.05) is 13.7 Å². The van der Waals surface area contributed by atoms with Crippen LogP contribution in [0.5, 0.6) is 5.75 Å². The zero-order valence-electron chi connectivity index (χ0n) is 16.9.